The summed E-state index contributed by atoms with van der Waals surface area (Å²) in [5.41, 5.74) is 0.619. The molecule has 1 aliphatic heterocycles. The Morgan fingerprint density at radius 1 is 0.903 bits per heavy atom. The van der Waals surface area contributed by atoms with Gasteiger partial charge in [-0.2, -0.15) is 0 Å². The Morgan fingerprint density at radius 2 is 1.52 bits per heavy atom. The van der Waals surface area contributed by atoms with Gasteiger partial charge in [0.05, 0.1) is 19.2 Å². The van der Waals surface area contributed by atoms with Crippen molar-refractivity contribution in [3.8, 4) is 5.75 Å². The van der Waals surface area contributed by atoms with Gasteiger partial charge in [-0.25, -0.2) is 4.79 Å². The lowest BCUT2D eigenvalue weighted by Crippen LogP contribution is -2.46. The van der Waals surface area contributed by atoms with Crippen LogP contribution in [0.4, 0.5) is 4.79 Å². The highest BCUT2D eigenvalue weighted by Gasteiger charge is 2.52. The van der Waals surface area contributed by atoms with E-state index >= 15 is 0 Å². The number of rotatable bonds is 7. The van der Waals surface area contributed by atoms with Crippen LogP contribution in [0.15, 0.2) is 84.9 Å². The molecule has 6 heteroatoms. The molecule has 1 N–H and O–H groups in total. The summed E-state index contributed by atoms with van der Waals surface area (Å²) < 4.78 is 5.25. The molecule has 3 amide bonds. The van der Waals surface area contributed by atoms with Gasteiger partial charge in [0.1, 0.15) is 5.75 Å². The highest BCUT2D eigenvalue weighted by molar-refractivity contribution is 6.12. The Balaban J connectivity index is 1.68. The minimum atomic E-state index is -1.28. The van der Waals surface area contributed by atoms with Crippen LogP contribution in [0.5, 0.6) is 5.75 Å². The molecule has 0 saturated carbocycles. The van der Waals surface area contributed by atoms with E-state index in [-0.39, 0.29) is 18.7 Å². The fourth-order valence-corrected chi connectivity index (χ4v) is 3.92. The molecule has 1 fully saturated rings. The number of urea groups is 1. The molecule has 0 aromatic heterocycles. The zero-order chi connectivity index (χ0) is 21.8. The fourth-order valence-electron chi connectivity index (χ4n) is 3.92. The van der Waals surface area contributed by atoms with Crippen molar-refractivity contribution in [3.63, 3.8) is 0 Å². The first-order chi connectivity index (χ1) is 15.0. The van der Waals surface area contributed by atoms with E-state index < -0.39 is 17.5 Å². The van der Waals surface area contributed by atoms with E-state index in [0.29, 0.717) is 16.9 Å². The second-order valence-corrected chi connectivity index (χ2v) is 7.38. The van der Waals surface area contributed by atoms with Crippen LogP contribution in [-0.2, 0) is 16.8 Å². The van der Waals surface area contributed by atoms with E-state index in [0.717, 1.165) is 10.5 Å². The average molecular weight is 414 g/mol. The van der Waals surface area contributed by atoms with Crippen LogP contribution in [0, 0.1) is 0 Å². The molecule has 3 aromatic rings. The second-order valence-electron chi connectivity index (χ2n) is 7.38. The molecule has 0 bridgehead atoms. The molecule has 0 radical (unpaired) electrons. The topological polar surface area (TPSA) is 75.7 Å². The summed E-state index contributed by atoms with van der Waals surface area (Å²) in [4.78, 5) is 40.4. The van der Waals surface area contributed by atoms with Gasteiger partial charge >= 0.3 is 6.03 Å². The highest BCUT2D eigenvalue weighted by Crippen LogP contribution is 2.33. The molecule has 1 atom stereocenters. The summed E-state index contributed by atoms with van der Waals surface area (Å²) in [6.07, 6.45) is 0.280. The lowest BCUT2D eigenvalue weighted by atomic mass is 9.83. The molecule has 0 aliphatic carbocycles. The van der Waals surface area contributed by atoms with Crippen molar-refractivity contribution < 1.29 is 19.1 Å². The van der Waals surface area contributed by atoms with Crippen molar-refractivity contribution in [1.29, 1.82) is 0 Å². The third-order valence-electron chi connectivity index (χ3n) is 5.46. The molecule has 6 nitrogen and oxygen atoms in total. The Bertz CT molecular complexity index is 1110. The summed E-state index contributed by atoms with van der Waals surface area (Å²) in [6, 6.07) is 24.8. The van der Waals surface area contributed by atoms with Gasteiger partial charge in [-0.1, -0.05) is 72.8 Å². The molecule has 1 aliphatic rings. The number of hydrogen-bond acceptors (Lipinski definition) is 4. The number of hydrogen-bond donors (Lipinski definition) is 1. The van der Waals surface area contributed by atoms with E-state index in [1.54, 1.807) is 24.3 Å². The Kier molecular flexibility index (Phi) is 5.54. The number of ether oxygens (including phenoxy) is 1. The quantitative estimate of drug-likeness (QED) is 0.474. The van der Waals surface area contributed by atoms with E-state index in [2.05, 4.69) is 5.32 Å². The molecule has 31 heavy (non-hydrogen) atoms. The first-order valence-electron chi connectivity index (χ1n) is 9.95. The Labute approximate surface area is 180 Å². The normalized spacial score (nSPS) is 18.0. The number of amides is 3. The summed E-state index contributed by atoms with van der Waals surface area (Å²) >= 11 is 0. The van der Waals surface area contributed by atoms with Crippen molar-refractivity contribution in [1.82, 2.24) is 10.2 Å². The number of nitrogens with zero attached hydrogens (tertiary/aromatic N) is 1. The van der Waals surface area contributed by atoms with Gasteiger partial charge in [0, 0.05) is 6.42 Å². The number of benzene rings is 3. The first kappa shape index (κ1) is 20.3. The largest absolute Gasteiger partial charge is 0.496 e. The van der Waals surface area contributed by atoms with Gasteiger partial charge in [-0.15, -0.1) is 0 Å². The summed E-state index contributed by atoms with van der Waals surface area (Å²) in [7, 11) is 1.47. The standard InChI is InChI=1S/C25H22N2O4/c1-31-22-15-9-8-14-20(22)21(28)17-27-23(29)25(26-24(27)30,19-12-6-3-7-13-19)16-18-10-4-2-5-11-18/h2-15H,16-17H2,1H3,(H,26,30)/t25-/m1/s1. The van der Waals surface area contributed by atoms with Gasteiger partial charge in [-0.3, -0.25) is 14.5 Å². The van der Waals surface area contributed by atoms with E-state index in [9.17, 15) is 14.4 Å². The minimum absolute atomic E-state index is 0.280. The van der Waals surface area contributed by atoms with E-state index in [4.69, 9.17) is 4.74 Å². The van der Waals surface area contributed by atoms with Crippen molar-refractivity contribution >= 4 is 17.7 Å². The summed E-state index contributed by atoms with van der Waals surface area (Å²) in [6.45, 7) is -0.367. The second kappa shape index (κ2) is 8.44. The maximum absolute atomic E-state index is 13.6. The number of Topliss-reactive ketones (excluding diaryl/α,β-unsaturated/α-hetero) is 1. The number of carbonyl (C=O) groups is 3. The van der Waals surface area contributed by atoms with Crippen LogP contribution >= 0.6 is 0 Å². The molecule has 0 spiro atoms. The van der Waals surface area contributed by atoms with Crippen LogP contribution < -0.4 is 10.1 Å². The van der Waals surface area contributed by atoms with Crippen molar-refractivity contribution in [2.24, 2.45) is 0 Å². The molecular weight excluding hydrogens is 392 g/mol. The van der Waals surface area contributed by atoms with Crippen LogP contribution in [0.1, 0.15) is 21.5 Å². The SMILES string of the molecule is COc1ccccc1C(=O)CN1C(=O)N[C@](Cc2ccccc2)(c2ccccc2)C1=O. The van der Waals surface area contributed by atoms with Gasteiger partial charge in [0.15, 0.2) is 11.3 Å². The average Bonchev–Trinajstić information content (AvgIpc) is 3.05. The molecule has 4 rings (SSSR count). The zero-order valence-corrected chi connectivity index (χ0v) is 17.1. The Hall–Kier alpha value is -3.93. The number of carbonyl (C=O) groups excluding carboxylic acids is 3. The van der Waals surface area contributed by atoms with Gasteiger partial charge in [0.25, 0.3) is 5.91 Å². The smallest absolute Gasteiger partial charge is 0.325 e. The van der Waals surface area contributed by atoms with Crippen LogP contribution in [0.25, 0.3) is 0 Å². The Morgan fingerprint density at radius 3 is 2.19 bits per heavy atom. The molecule has 1 saturated heterocycles. The van der Waals surface area contributed by atoms with E-state index in [1.165, 1.54) is 7.11 Å². The van der Waals surface area contributed by atoms with Crippen LogP contribution in [0.2, 0.25) is 0 Å². The van der Waals surface area contributed by atoms with Crippen LogP contribution in [0.3, 0.4) is 0 Å². The van der Waals surface area contributed by atoms with Gasteiger partial charge < -0.3 is 10.1 Å². The maximum atomic E-state index is 13.6. The lowest BCUT2D eigenvalue weighted by Gasteiger charge is -2.27. The van der Waals surface area contributed by atoms with Gasteiger partial charge in [0.2, 0.25) is 0 Å². The van der Waals surface area contributed by atoms with E-state index in [1.807, 2.05) is 60.7 Å². The molecule has 3 aromatic carbocycles. The van der Waals surface area contributed by atoms with Crippen molar-refractivity contribution in [2.45, 2.75) is 12.0 Å². The number of methoxy groups -OCH3 is 1. The summed E-state index contributed by atoms with van der Waals surface area (Å²) in [5.74, 6) is -0.418. The monoisotopic (exact) mass is 414 g/mol. The number of para-hydroxylation sites is 1. The fraction of sp³-hybridized carbons (Fsp3) is 0.160. The minimum Gasteiger partial charge on any atom is -0.496 e. The predicted octanol–water partition coefficient (Wildman–Crippen LogP) is 3.57. The number of nitrogens with one attached hydrogen (secondary N) is 1. The molecular formula is C25H22N2O4. The van der Waals surface area contributed by atoms with Crippen LogP contribution in [-0.4, -0.2) is 36.3 Å². The third-order valence-corrected chi connectivity index (χ3v) is 5.46. The molecule has 0 unspecified atom stereocenters. The molecule has 156 valence electrons. The first-order valence-corrected chi connectivity index (χ1v) is 9.95. The number of imide groups is 1. The number of ketones is 1. The molecule has 1 heterocycles. The maximum Gasteiger partial charge on any atom is 0.325 e. The van der Waals surface area contributed by atoms with Crippen molar-refractivity contribution in [3.05, 3.63) is 102 Å². The lowest BCUT2D eigenvalue weighted by molar-refractivity contribution is -0.131. The van der Waals surface area contributed by atoms with Crippen molar-refractivity contribution in [2.75, 3.05) is 13.7 Å². The predicted molar refractivity (Wildman–Crippen MR) is 116 cm³/mol. The third kappa shape index (κ3) is 3.80. The zero-order valence-electron chi connectivity index (χ0n) is 17.1. The summed E-state index contributed by atoms with van der Waals surface area (Å²) in [5, 5.41) is 2.87. The highest BCUT2D eigenvalue weighted by atomic mass is 16.5. The van der Waals surface area contributed by atoms with Gasteiger partial charge in [-0.05, 0) is 23.3 Å².